The van der Waals surface area contributed by atoms with Crippen LogP contribution in [0, 0.1) is 11.8 Å². The first kappa shape index (κ1) is 15.3. The minimum absolute atomic E-state index is 0.605. The van der Waals surface area contributed by atoms with E-state index in [0.717, 1.165) is 45.2 Å². The lowest BCUT2D eigenvalue weighted by molar-refractivity contribution is 0.109. The molecule has 2 N–H and O–H groups in total. The Kier molecular flexibility index (Phi) is 7.09. The molecule has 0 aliphatic carbocycles. The number of hydrogen-bond donors (Lipinski definition) is 1. The molecule has 1 fully saturated rings. The topological polar surface area (TPSA) is 50.9 Å². The monoisotopic (exact) mass is 255 g/mol. The van der Waals surface area contributed by atoms with Gasteiger partial charge >= 0.3 is 0 Å². The van der Waals surface area contributed by atoms with Crippen LogP contribution in [0.1, 0.15) is 40.0 Å². The number of ether oxygens (including phenoxy) is 1. The van der Waals surface area contributed by atoms with Gasteiger partial charge in [-0.15, -0.1) is 0 Å². The molecular formula is C14H29N3O. The summed E-state index contributed by atoms with van der Waals surface area (Å²) in [5.41, 5.74) is 6.01. The maximum Gasteiger partial charge on any atom is 0.191 e. The normalized spacial score (nSPS) is 21.7. The molecule has 0 bridgehead atoms. The standard InChI is InChI=1S/C14H29N3O/c1-12(2)11-18-9-5-7-16-14(15)17-8-4-6-13(3)10-17/h12-13H,4-11H2,1-3H3,(H2,15,16). The van der Waals surface area contributed by atoms with Crippen molar-refractivity contribution in [3.05, 3.63) is 0 Å². The van der Waals surface area contributed by atoms with E-state index < -0.39 is 0 Å². The molecule has 0 aromatic carbocycles. The van der Waals surface area contributed by atoms with Gasteiger partial charge in [-0.2, -0.15) is 0 Å². The minimum Gasteiger partial charge on any atom is -0.381 e. The number of likely N-dealkylation sites (tertiary alicyclic amines) is 1. The molecule has 1 aliphatic heterocycles. The smallest absolute Gasteiger partial charge is 0.191 e. The predicted molar refractivity (Wildman–Crippen MR) is 76.7 cm³/mol. The first-order chi connectivity index (χ1) is 8.59. The third-order valence-electron chi connectivity index (χ3n) is 3.15. The molecule has 1 aliphatic rings. The van der Waals surface area contributed by atoms with E-state index in [4.69, 9.17) is 10.5 Å². The third-order valence-corrected chi connectivity index (χ3v) is 3.15. The lowest BCUT2D eigenvalue weighted by Gasteiger charge is -2.31. The molecule has 106 valence electrons. The fourth-order valence-electron chi connectivity index (χ4n) is 2.18. The maximum atomic E-state index is 6.01. The zero-order valence-electron chi connectivity index (χ0n) is 12.2. The van der Waals surface area contributed by atoms with E-state index in [-0.39, 0.29) is 0 Å². The molecule has 1 atom stereocenters. The van der Waals surface area contributed by atoms with E-state index in [9.17, 15) is 0 Å². The van der Waals surface area contributed by atoms with Crippen LogP contribution in [0.2, 0.25) is 0 Å². The average Bonchev–Trinajstić information content (AvgIpc) is 2.33. The van der Waals surface area contributed by atoms with Crippen LogP contribution in [-0.4, -0.2) is 43.7 Å². The second-order valence-electron chi connectivity index (χ2n) is 5.76. The number of guanidine groups is 1. The van der Waals surface area contributed by atoms with Gasteiger partial charge in [0.1, 0.15) is 0 Å². The van der Waals surface area contributed by atoms with Crippen LogP contribution in [0.15, 0.2) is 4.99 Å². The van der Waals surface area contributed by atoms with Gasteiger partial charge in [0.25, 0.3) is 0 Å². The van der Waals surface area contributed by atoms with Gasteiger partial charge in [0.15, 0.2) is 5.96 Å². The van der Waals surface area contributed by atoms with E-state index in [1.807, 2.05) is 0 Å². The van der Waals surface area contributed by atoms with Crippen LogP contribution in [-0.2, 0) is 4.74 Å². The first-order valence-corrected chi connectivity index (χ1v) is 7.22. The molecule has 4 heteroatoms. The molecule has 18 heavy (non-hydrogen) atoms. The molecule has 1 unspecified atom stereocenters. The van der Waals surface area contributed by atoms with Crippen LogP contribution in [0.3, 0.4) is 0 Å². The summed E-state index contributed by atoms with van der Waals surface area (Å²) in [6, 6.07) is 0. The summed E-state index contributed by atoms with van der Waals surface area (Å²) in [6.45, 7) is 11.1. The number of aliphatic imine (C=N–C) groups is 1. The predicted octanol–water partition coefficient (Wildman–Crippen LogP) is 2.10. The van der Waals surface area contributed by atoms with Crippen molar-refractivity contribution in [1.29, 1.82) is 0 Å². The van der Waals surface area contributed by atoms with Crippen LogP contribution in [0.5, 0.6) is 0 Å². The van der Waals surface area contributed by atoms with Gasteiger partial charge in [-0.1, -0.05) is 20.8 Å². The molecule has 0 saturated carbocycles. The van der Waals surface area contributed by atoms with Crippen molar-refractivity contribution in [2.45, 2.75) is 40.0 Å². The summed E-state index contributed by atoms with van der Waals surface area (Å²) in [5, 5.41) is 0. The number of nitrogens with two attached hydrogens (primary N) is 1. The van der Waals surface area contributed by atoms with E-state index in [0.29, 0.717) is 11.9 Å². The molecule has 1 heterocycles. The molecule has 1 rings (SSSR count). The largest absolute Gasteiger partial charge is 0.381 e. The van der Waals surface area contributed by atoms with E-state index >= 15 is 0 Å². The highest BCUT2D eigenvalue weighted by atomic mass is 16.5. The molecule has 0 radical (unpaired) electrons. The zero-order valence-corrected chi connectivity index (χ0v) is 12.2. The van der Waals surface area contributed by atoms with Crippen molar-refractivity contribution in [3.8, 4) is 0 Å². The second kappa shape index (κ2) is 8.35. The minimum atomic E-state index is 0.605. The Hall–Kier alpha value is -0.770. The Morgan fingerprint density at radius 2 is 2.28 bits per heavy atom. The van der Waals surface area contributed by atoms with Crippen LogP contribution < -0.4 is 5.73 Å². The van der Waals surface area contributed by atoms with Gasteiger partial charge in [-0.05, 0) is 31.1 Å². The van der Waals surface area contributed by atoms with Gasteiger partial charge in [-0.25, -0.2) is 0 Å². The number of nitrogens with zero attached hydrogens (tertiary/aromatic N) is 2. The molecule has 0 amide bonds. The fraction of sp³-hybridized carbons (Fsp3) is 0.929. The summed E-state index contributed by atoms with van der Waals surface area (Å²) >= 11 is 0. The van der Waals surface area contributed by atoms with Crippen LogP contribution in [0.25, 0.3) is 0 Å². The quantitative estimate of drug-likeness (QED) is 0.449. The van der Waals surface area contributed by atoms with Crippen molar-refractivity contribution < 1.29 is 4.74 Å². The third kappa shape index (κ3) is 6.24. The Bertz CT molecular complexity index is 253. The molecule has 0 aromatic heterocycles. The van der Waals surface area contributed by atoms with E-state index in [1.165, 1.54) is 12.8 Å². The van der Waals surface area contributed by atoms with Crippen LogP contribution in [0.4, 0.5) is 0 Å². The number of rotatable bonds is 6. The van der Waals surface area contributed by atoms with E-state index in [2.05, 4.69) is 30.7 Å². The molecule has 4 nitrogen and oxygen atoms in total. The van der Waals surface area contributed by atoms with Crippen LogP contribution >= 0.6 is 0 Å². The molecule has 0 spiro atoms. The highest BCUT2D eigenvalue weighted by Gasteiger charge is 2.17. The SMILES string of the molecule is CC(C)COCCCN=C(N)N1CCCC(C)C1. The van der Waals surface area contributed by atoms with Crippen molar-refractivity contribution in [2.75, 3.05) is 32.8 Å². The molecule has 1 saturated heterocycles. The van der Waals surface area contributed by atoms with Crippen molar-refractivity contribution in [2.24, 2.45) is 22.6 Å². The second-order valence-corrected chi connectivity index (χ2v) is 5.76. The lowest BCUT2D eigenvalue weighted by atomic mass is 10.0. The summed E-state index contributed by atoms with van der Waals surface area (Å²) < 4.78 is 5.52. The fourth-order valence-corrected chi connectivity index (χ4v) is 2.18. The summed E-state index contributed by atoms with van der Waals surface area (Å²) in [7, 11) is 0. The van der Waals surface area contributed by atoms with Crippen molar-refractivity contribution in [1.82, 2.24) is 4.90 Å². The van der Waals surface area contributed by atoms with Crippen molar-refractivity contribution >= 4 is 5.96 Å². The maximum absolute atomic E-state index is 6.01. The van der Waals surface area contributed by atoms with E-state index in [1.54, 1.807) is 0 Å². The highest BCUT2D eigenvalue weighted by molar-refractivity contribution is 5.78. The molecular weight excluding hydrogens is 226 g/mol. The average molecular weight is 255 g/mol. The summed E-state index contributed by atoms with van der Waals surface area (Å²) in [5.74, 6) is 2.06. The van der Waals surface area contributed by atoms with Crippen molar-refractivity contribution in [3.63, 3.8) is 0 Å². The van der Waals surface area contributed by atoms with Gasteiger partial charge < -0.3 is 15.4 Å². The number of hydrogen-bond acceptors (Lipinski definition) is 2. The van der Waals surface area contributed by atoms with Gasteiger partial charge in [-0.3, -0.25) is 4.99 Å². The summed E-state index contributed by atoms with van der Waals surface area (Å²) in [6.07, 6.45) is 3.50. The van der Waals surface area contributed by atoms with Gasteiger partial charge in [0.05, 0.1) is 0 Å². The highest BCUT2D eigenvalue weighted by Crippen LogP contribution is 2.14. The summed E-state index contributed by atoms with van der Waals surface area (Å²) in [4.78, 5) is 6.65. The Morgan fingerprint density at radius 1 is 1.50 bits per heavy atom. The zero-order chi connectivity index (χ0) is 13.4. The Balaban J connectivity index is 2.13. The Labute approximate surface area is 112 Å². The first-order valence-electron chi connectivity index (χ1n) is 7.22. The van der Waals surface area contributed by atoms with Gasteiger partial charge in [0.2, 0.25) is 0 Å². The van der Waals surface area contributed by atoms with Gasteiger partial charge in [0, 0.05) is 32.8 Å². The molecule has 0 aromatic rings. The number of piperidine rings is 1. The lowest BCUT2D eigenvalue weighted by Crippen LogP contribution is -2.43. The Morgan fingerprint density at radius 3 is 2.94 bits per heavy atom.